The number of imidazole rings is 1. The first-order valence-corrected chi connectivity index (χ1v) is 9.76. The number of anilines is 1. The molecule has 3 rings (SSSR count). The van der Waals surface area contributed by atoms with Gasteiger partial charge in [0.15, 0.2) is 5.16 Å². The van der Waals surface area contributed by atoms with Crippen molar-refractivity contribution in [3.8, 4) is 17.2 Å². The molecule has 0 fully saturated rings. The van der Waals surface area contributed by atoms with Crippen LogP contribution in [0.15, 0.2) is 53.9 Å². The van der Waals surface area contributed by atoms with Crippen molar-refractivity contribution in [3.05, 3.63) is 59.9 Å². The van der Waals surface area contributed by atoms with Gasteiger partial charge < -0.3 is 14.8 Å². The minimum atomic E-state index is -0.136. The Hall–Kier alpha value is -2.93. The molecule has 1 aromatic heterocycles. The van der Waals surface area contributed by atoms with E-state index in [-0.39, 0.29) is 11.7 Å². The number of ether oxygens (including phenoxy) is 2. The highest BCUT2D eigenvalue weighted by Crippen LogP contribution is 2.29. The Morgan fingerprint density at radius 3 is 2.68 bits per heavy atom. The quantitative estimate of drug-likeness (QED) is 0.604. The van der Waals surface area contributed by atoms with Crippen LogP contribution in [-0.4, -0.2) is 35.4 Å². The van der Waals surface area contributed by atoms with Crippen molar-refractivity contribution in [2.75, 3.05) is 25.3 Å². The van der Waals surface area contributed by atoms with Crippen LogP contribution in [0.5, 0.6) is 11.5 Å². The lowest BCUT2D eigenvalue weighted by Crippen LogP contribution is -2.15. The number of rotatable bonds is 7. The lowest BCUT2D eigenvalue weighted by Gasteiger charge is -2.12. The van der Waals surface area contributed by atoms with E-state index in [1.54, 1.807) is 38.6 Å². The first-order chi connectivity index (χ1) is 13.5. The lowest BCUT2D eigenvalue weighted by atomic mass is 10.1. The molecule has 0 aliphatic rings. The summed E-state index contributed by atoms with van der Waals surface area (Å²) in [5, 5.41) is 3.64. The van der Waals surface area contributed by atoms with Crippen LogP contribution in [0.3, 0.4) is 0 Å². The zero-order valence-electron chi connectivity index (χ0n) is 16.4. The number of aromatic nitrogens is 2. The van der Waals surface area contributed by atoms with Gasteiger partial charge in [-0.3, -0.25) is 9.36 Å². The monoisotopic (exact) mass is 397 g/mol. The van der Waals surface area contributed by atoms with Crippen LogP contribution in [0, 0.1) is 13.8 Å². The van der Waals surface area contributed by atoms with Crippen LogP contribution >= 0.6 is 11.8 Å². The first-order valence-electron chi connectivity index (χ1n) is 8.77. The van der Waals surface area contributed by atoms with E-state index < -0.39 is 0 Å². The Bertz CT molecular complexity index is 985. The number of methoxy groups -OCH3 is 2. The molecule has 0 unspecified atom stereocenters. The van der Waals surface area contributed by atoms with E-state index in [1.165, 1.54) is 17.3 Å². The Kier molecular flexibility index (Phi) is 6.26. The summed E-state index contributed by atoms with van der Waals surface area (Å²) in [5.41, 5.74) is 4.03. The fourth-order valence-corrected chi connectivity index (χ4v) is 3.64. The summed E-state index contributed by atoms with van der Waals surface area (Å²) >= 11 is 1.38. The molecule has 7 heteroatoms. The zero-order valence-corrected chi connectivity index (χ0v) is 17.2. The van der Waals surface area contributed by atoms with E-state index in [2.05, 4.69) is 42.3 Å². The highest BCUT2D eigenvalue weighted by atomic mass is 32.2. The fraction of sp³-hybridized carbons (Fsp3) is 0.238. The average Bonchev–Trinajstić information content (AvgIpc) is 3.15. The number of nitrogens with zero attached hydrogens (tertiary/aromatic N) is 2. The second-order valence-electron chi connectivity index (χ2n) is 6.27. The van der Waals surface area contributed by atoms with Crippen molar-refractivity contribution in [1.82, 2.24) is 9.55 Å². The van der Waals surface area contributed by atoms with E-state index in [1.807, 2.05) is 10.8 Å². The molecule has 0 bridgehead atoms. The molecule has 0 aliphatic heterocycles. The van der Waals surface area contributed by atoms with Crippen molar-refractivity contribution in [2.45, 2.75) is 19.0 Å². The first kappa shape index (κ1) is 19.8. The highest BCUT2D eigenvalue weighted by molar-refractivity contribution is 7.99. The van der Waals surface area contributed by atoms with Crippen LogP contribution < -0.4 is 14.8 Å². The molecular weight excluding hydrogens is 374 g/mol. The summed E-state index contributed by atoms with van der Waals surface area (Å²) in [6, 6.07) is 11.5. The van der Waals surface area contributed by atoms with Crippen LogP contribution in [0.1, 0.15) is 11.1 Å². The summed E-state index contributed by atoms with van der Waals surface area (Å²) in [6.45, 7) is 4.14. The van der Waals surface area contributed by atoms with E-state index in [9.17, 15) is 4.79 Å². The van der Waals surface area contributed by atoms with Gasteiger partial charge in [0.1, 0.15) is 11.5 Å². The number of nitrogens with one attached hydrogen (secondary N) is 1. The third-order valence-corrected chi connectivity index (χ3v) is 5.20. The highest BCUT2D eigenvalue weighted by Gasteiger charge is 2.13. The van der Waals surface area contributed by atoms with E-state index in [4.69, 9.17) is 9.47 Å². The Morgan fingerprint density at radius 1 is 1.14 bits per heavy atom. The summed E-state index contributed by atoms with van der Waals surface area (Å²) in [7, 11) is 3.14. The van der Waals surface area contributed by atoms with Gasteiger partial charge in [0.05, 0.1) is 31.3 Å². The Morgan fingerprint density at radius 2 is 1.96 bits per heavy atom. The minimum Gasteiger partial charge on any atom is -0.497 e. The number of hydrogen-bond donors (Lipinski definition) is 1. The molecule has 2 aromatic carbocycles. The predicted octanol–water partition coefficient (Wildman–Crippen LogP) is 4.24. The van der Waals surface area contributed by atoms with Crippen LogP contribution in [-0.2, 0) is 4.79 Å². The molecule has 146 valence electrons. The fourth-order valence-electron chi connectivity index (χ4n) is 2.87. The third kappa shape index (κ3) is 4.48. The van der Waals surface area contributed by atoms with Crippen molar-refractivity contribution in [3.63, 3.8) is 0 Å². The van der Waals surface area contributed by atoms with Crippen molar-refractivity contribution in [1.29, 1.82) is 0 Å². The molecule has 1 amide bonds. The van der Waals surface area contributed by atoms with Crippen LogP contribution in [0.2, 0.25) is 0 Å². The number of benzene rings is 2. The maximum Gasteiger partial charge on any atom is 0.234 e. The molecular formula is C21H23N3O3S. The van der Waals surface area contributed by atoms with E-state index >= 15 is 0 Å². The van der Waals surface area contributed by atoms with E-state index in [0.29, 0.717) is 17.2 Å². The van der Waals surface area contributed by atoms with Crippen molar-refractivity contribution in [2.24, 2.45) is 0 Å². The summed E-state index contributed by atoms with van der Waals surface area (Å²) < 4.78 is 12.5. The van der Waals surface area contributed by atoms with Gasteiger partial charge in [0, 0.05) is 18.5 Å². The van der Waals surface area contributed by atoms with Gasteiger partial charge in [-0.25, -0.2) is 4.98 Å². The van der Waals surface area contributed by atoms with Crippen molar-refractivity contribution < 1.29 is 14.3 Å². The van der Waals surface area contributed by atoms with Crippen LogP contribution in [0.4, 0.5) is 5.69 Å². The lowest BCUT2D eigenvalue weighted by molar-refractivity contribution is -0.113. The molecule has 0 spiro atoms. The van der Waals surface area contributed by atoms with Gasteiger partial charge in [-0.15, -0.1) is 0 Å². The molecule has 3 aromatic rings. The zero-order chi connectivity index (χ0) is 20.1. The second-order valence-corrected chi connectivity index (χ2v) is 7.22. The number of thioether (sulfide) groups is 1. The number of carbonyl (C=O) groups is 1. The maximum absolute atomic E-state index is 12.4. The smallest absolute Gasteiger partial charge is 0.234 e. The van der Waals surface area contributed by atoms with E-state index in [0.717, 1.165) is 16.4 Å². The Balaban J connectivity index is 1.69. The molecule has 0 saturated carbocycles. The number of hydrogen-bond acceptors (Lipinski definition) is 5. The van der Waals surface area contributed by atoms with Crippen LogP contribution in [0.25, 0.3) is 5.69 Å². The van der Waals surface area contributed by atoms with Gasteiger partial charge in [-0.1, -0.05) is 29.5 Å². The standard InChI is InChI=1S/C21H23N3O3S/c1-14-5-8-18(15(2)11-14)24-10-9-22-21(24)28-13-20(25)23-17-7-6-16(26-3)12-19(17)27-4/h5-12H,13H2,1-4H3,(H,23,25). The second kappa shape index (κ2) is 8.84. The molecule has 6 nitrogen and oxygen atoms in total. The molecule has 0 aliphatic carbocycles. The largest absolute Gasteiger partial charge is 0.497 e. The Labute approximate surface area is 168 Å². The molecule has 0 saturated heterocycles. The average molecular weight is 398 g/mol. The van der Waals surface area contributed by atoms with Crippen molar-refractivity contribution >= 4 is 23.4 Å². The minimum absolute atomic E-state index is 0.136. The van der Waals surface area contributed by atoms with Gasteiger partial charge in [0.2, 0.25) is 5.91 Å². The summed E-state index contributed by atoms with van der Waals surface area (Å²) in [6.07, 6.45) is 3.65. The number of amides is 1. The summed E-state index contributed by atoms with van der Waals surface area (Å²) in [5.74, 6) is 1.31. The maximum atomic E-state index is 12.4. The predicted molar refractivity (Wildman–Crippen MR) is 112 cm³/mol. The SMILES string of the molecule is COc1ccc(NC(=O)CSc2nccn2-c2ccc(C)cc2C)c(OC)c1. The number of carbonyl (C=O) groups excluding carboxylic acids is 1. The third-order valence-electron chi connectivity index (χ3n) is 4.23. The molecule has 0 atom stereocenters. The molecule has 1 N–H and O–H groups in total. The topological polar surface area (TPSA) is 65.4 Å². The van der Waals surface area contributed by atoms with Gasteiger partial charge in [-0.05, 0) is 37.6 Å². The number of aryl methyl sites for hydroxylation is 2. The summed E-state index contributed by atoms with van der Waals surface area (Å²) in [4.78, 5) is 16.8. The molecule has 28 heavy (non-hydrogen) atoms. The molecule has 1 heterocycles. The van der Waals surface area contributed by atoms with Gasteiger partial charge >= 0.3 is 0 Å². The molecule has 0 radical (unpaired) electrons. The normalized spacial score (nSPS) is 10.6. The van der Waals surface area contributed by atoms with Gasteiger partial charge in [0.25, 0.3) is 0 Å². The van der Waals surface area contributed by atoms with Gasteiger partial charge in [-0.2, -0.15) is 0 Å².